The number of amides is 1. The average molecular weight is 328 g/mol. The van der Waals surface area contributed by atoms with Gasteiger partial charge < -0.3 is 10.6 Å². The maximum absolute atomic E-state index is 12.1. The number of hydrogen-bond acceptors (Lipinski definition) is 4. The third kappa shape index (κ3) is 3.10. The number of carbonyl (C=O) groups excluding carboxylic acids is 1. The van der Waals surface area contributed by atoms with Gasteiger partial charge in [0.15, 0.2) is 0 Å². The SMILES string of the molecule is CC1CNCC1C(=O)Nc1cc([N+](=O)[O-])ccc1Br. The first-order valence-corrected chi connectivity index (χ1v) is 6.74. The van der Waals surface area contributed by atoms with Gasteiger partial charge in [-0.2, -0.15) is 0 Å². The highest BCUT2D eigenvalue weighted by Crippen LogP contribution is 2.28. The minimum absolute atomic E-state index is 0.0453. The summed E-state index contributed by atoms with van der Waals surface area (Å²) in [6.07, 6.45) is 0. The maximum atomic E-state index is 12.1. The average Bonchev–Trinajstić information content (AvgIpc) is 2.78. The number of non-ortho nitro benzene ring substituents is 1. The molecule has 102 valence electrons. The summed E-state index contributed by atoms with van der Waals surface area (Å²) < 4.78 is 0.630. The summed E-state index contributed by atoms with van der Waals surface area (Å²) in [5, 5.41) is 16.6. The van der Waals surface area contributed by atoms with Gasteiger partial charge in [0.05, 0.1) is 16.5 Å². The normalized spacial score (nSPS) is 22.2. The van der Waals surface area contributed by atoms with E-state index in [2.05, 4.69) is 26.6 Å². The summed E-state index contributed by atoms with van der Waals surface area (Å²) in [4.78, 5) is 22.4. The molecule has 2 atom stereocenters. The Morgan fingerprint density at radius 3 is 2.84 bits per heavy atom. The van der Waals surface area contributed by atoms with E-state index in [1.165, 1.54) is 12.1 Å². The summed E-state index contributed by atoms with van der Waals surface area (Å²) in [5.41, 5.74) is 0.384. The number of carbonyl (C=O) groups is 1. The highest BCUT2D eigenvalue weighted by molar-refractivity contribution is 9.10. The molecule has 0 radical (unpaired) electrons. The highest BCUT2D eigenvalue weighted by Gasteiger charge is 2.30. The van der Waals surface area contributed by atoms with Gasteiger partial charge in [0, 0.05) is 23.2 Å². The lowest BCUT2D eigenvalue weighted by atomic mass is 9.97. The van der Waals surface area contributed by atoms with Crippen molar-refractivity contribution in [2.75, 3.05) is 18.4 Å². The van der Waals surface area contributed by atoms with Crippen molar-refractivity contribution in [2.45, 2.75) is 6.92 Å². The molecule has 2 N–H and O–H groups in total. The van der Waals surface area contributed by atoms with Gasteiger partial charge in [0.1, 0.15) is 0 Å². The van der Waals surface area contributed by atoms with Gasteiger partial charge in [-0.25, -0.2) is 0 Å². The molecule has 0 aliphatic carbocycles. The zero-order valence-corrected chi connectivity index (χ0v) is 11.9. The van der Waals surface area contributed by atoms with Crippen molar-refractivity contribution < 1.29 is 9.72 Å². The van der Waals surface area contributed by atoms with Crippen molar-refractivity contribution >= 4 is 33.2 Å². The number of nitrogens with one attached hydrogen (secondary N) is 2. The molecule has 19 heavy (non-hydrogen) atoms. The molecular formula is C12H14BrN3O3. The van der Waals surface area contributed by atoms with Crippen LogP contribution in [0.25, 0.3) is 0 Å². The van der Waals surface area contributed by atoms with Crippen LogP contribution < -0.4 is 10.6 Å². The molecule has 0 bridgehead atoms. The number of halogens is 1. The Hall–Kier alpha value is -1.47. The van der Waals surface area contributed by atoms with Crippen LogP contribution in [0.1, 0.15) is 6.92 Å². The van der Waals surface area contributed by atoms with E-state index in [-0.39, 0.29) is 23.4 Å². The van der Waals surface area contributed by atoms with E-state index in [0.717, 1.165) is 6.54 Å². The molecule has 1 saturated heterocycles. The molecule has 2 rings (SSSR count). The summed E-state index contributed by atoms with van der Waals surface area (Å²) in [6, 6.07) is 4.30. The monoisotopic (exact) mass is 327 g/mol. The van der Waals surface area contributed by atoms with E-state index in [1.54, 1.807) is 6.07 Å². The summed E-state index contributed by atoms with van der Waals surface area (Å²) in [7, 11) is 0. The quantitative estimate of drug-likeness (QED) is 0.658. The number of nitrogens with zero attached hydrogens (tertiary/aromatic N) is 1. The molecule has 2 unspecified atom stereocenters. The second kappa shape index (κ2) is 5.66. The molecule has 1 aromatic carbocycles. The molecule has 1 fully saturated rings. The third-order valence-electron chi connectivity index (χ3n) is 3.27. The lowest BCUT2D eigenvalue weighted by Gasteiger charge is -2.14. The molecule has 1 aliphatic heterocycles. The summed E-state index contributed by atoms with van der Waals surface area (Å²) in [5.74, 6) is 0.0438. The fourth-order valence-electron chi connectivity index (χ4n) is 2.11. The van der Waals surface area contributed by atoms with Crippen LogP contribution in [0.5, 0.6) is 0 Å². The first-order valence-electron chi connectivity index (χ1n) is 5.94. The Balaban J connectivity index is 2.16. The van der Waals surface area contributed by atoms with Gasteiger partial charge >= 0.3 is 0 Å². The van der Waals surface area contributed by atoms with Crippen LogP contribution in [-0.2, 0) is 4.79 Å². The number of nitro groups is 1. The van der Waals surface area contributed by atoms with E-state index in [1.807, 2.05) is 6.92 Å². The number of benzene rings is 1. The van der Waals surface area contributed by atoms with Gasteiger partial charge in [-0.1, -0.05) is 6.92 Å². The van der Waals surface area contributed by atoms with Crippen molar-refractivity contribution in [1.29, 1.82) is 0 Å². The molecule has 0 saturated carbocycles. The van der Waals surface area contributed by atoms with Crippen molar-refractivity contribution in [3.63, 3.8) is 0 Å². The zero-order valence-electron chi connectivity index (χ0n) is 10.4. The maximum Gasteiger partial charge on any atom is 0.271 e. The van der Waals surface area contributed by atoms with Gasteiger partial charge in [-0.15, -0.1) is 0 Å². The molecule has 1 aliphatic rings. The van der Waals surface area contributed by atoms with Crippen LogP contribution >= 0.6 is 15.9 Å². The van der Waals surface area contributed by atoms with Crippen LogP contribution in [-0.4, -0.2) is 23.9 Å². The van der Waals surface area contributed by atoms with Crippen LogP contribution in [0.2, 0.25) is 0 Å². The first-order chi connectivity index (χ1) is 8.99. The number of nitro benzene ring substituents is 1. The number of rotatable bonds is 3. The van der Waals surface area contributed by atoms with E-state index >= 15 is 0 Å². The van der Waals surface area contributed by atoms with Gasteiger partial charge in [-0.3, -0.25) is 14.9 Å². The molecule has 0 aromatic heterocycles. The van der Waals surface area contributed by atoms with E-state index in [4.69, 9.17) is 0 Å². The van der Waals surface area contributed by atoms with Crippen molar-refractivity contribution in [1.82, 2.24) is 5.32 Å². The predicted octanol–water partition coefficient (Wildman–Crippen LogP) is 2.15. The lowest BCUT2D eigenvalue weighted by molar-refractivity contribution is -0.384. The summed E-state index contributed by atoms with van der Waals surface area (Å²) >= 11 is 3.28. The van der Waals surface area contributed by atoms with E-state index in [0.29, 0.717) is 16.7 Å². The minimum Gasteiger partial charge on any atom is -0.325 e. The second-order valence-electron chi connectivity index (χ2n) is 4.65. The zero-order chi connectivity index (χ0) is 14.0. The standard InChI is InChI=1S/C12H14BrN3O3/c1-7-5-14-6-9(7)12(17)15-11-4-8(16(18)19)2-3-10(11)13/h2-4,7,9,14H,5-6H2,1H3,(H,15,17). The van der Waals surface area contributed by atoms with Crippen molar-refractivity contribution in [3.05, 3.63) is 32.8 Å². The second-order valence-corrected chi connectivity index (χ2v) is 5.51. The smallest absolute Gasteiger partial charge is 0.271 e. The topological polar surface area (TPSA) is 84.3 Å². The molecule has 1 aromatic rings. The van der Waals surface area contributed by atoms with Crippen LogP contribution in [0, 0.1) is 22.0 Å². The van der Waals surface area contributed by atoms with Gasteiger partial charge in [0.25, 0.3) is 5.69 Å². The molecule has 6 nitrogen and oxygen atoms in total. The fraction of sp³-hybridized carbons (Fsp3) is 0.417. The third-order valence-corrected chi connectivity index (χ3v) is 3.96. The van der Waals surface area contributed by atoms with Crippen LogP contribution in [0.15, 0.2) is 22.7 Å². The molecule has 1 heterocycles. The summed E-state index contributed by atoms with van der Waals surface area (Å²) in [6.45, 7) is 3.46. The fourth-order valence-corrected chi connectivity index (χ4v) is 2.45. The first kappa shape index (κ1) is 14.0. The van der Waals surface area contributed by atoms with Crippen molar-refractivity contribution in [2.24, 2.45) is 11.8 Å². The lowest BCUT2D eigenvalue weighted by Crippen LogP contribution is -2.28. The van der Waals surface area contributed by atoms with Crippen LogP contribution in [0.3, 0.4) is 0 Å². The Labute approximate surface area is 118 Å². The van der Waals surface area contributed by atoms with Gasteiger partial charge in [-0.05, 0) is 34.5 Å². The number of anilines is 1. The van der Waals surface area contributed by atoms with Crippen molar-refractivity contribution in [3.8, 4) is 0 Å². The van der Waals surface area contributed by atoms with Crippen LogP contribution in [0.4, 0.5) is 11.4 Å². The molecular weight excluding hydrogens is 314 g/mol. The predicted molar refractivity (Wildman–Crippen MR) is 74.9 cm³/mol. The largest absolute Gasteiger partial charge is 0.325 e. The Bertz CT molecular complexity index is 521. The Morgan fingerprint density at radius 1 is 1.53 bits per heavy atom. The minimum atomic E-state index is -0.484. The Morgan fingerprint density at radius 2 is 2.26 bits per heavy atom. The van der Waals surface area contributed by atoms with Gasteiger partial charge in [0.2, 0.25) is 5.91 Å². The van der Waals surface area contributed by atoms with E-state index in [9.17, 15) is 14.9 Å². The van der Waals surface area contributed by atoms with E-state index < -0.39 is 4.92 Å². The molecule has 0 spiro atoms. The Kier molecular flexibility index (Phi) is 4.16. The molecule has 7 heteroatoms. The molecule has 1 amide bonds. The highest BCUT2D eigenvalue weighted by atomic mass is 79.9. The number of hydrogen-bond donors (Lipinski definition) is 2.